The molecule has 3 nitrogen and oxygen atoms in total. The Morgan fingerprint density at radius 2 is 2.31 bits per heavy atom. The van der Waals surface area contributed by atoms with E-state index in [1.807, 2.05) is 13.0 Å². The summed E-state index contributed by atoms with van der Waals surface area (Å²) in [5.74, 6) is 0.538. The molecule has 0 bridgehead atoms. The van der Waals surface area contributed by atoms with Crippen LogP contribution in [-0.4, -0.2) is 11.3 Å². The van der Waals surface area contributed by atoms with E-state index in [4.69, 9.17) is 16.0 Å². The molecule has 1 aromatic heterocycles. The molecule has 0 aliphatic heterocycles. The maximum atomic E-state index is 11.2. The zero-order chi connectivity index (χ0) is 9.84. The molecule has 72 valence electrons. The molecule has 0 aromatic carbocycles. The van der Waals surface area contributed by atoms with Gasteiger partial charge in [0.15, 0.2) is 0 Å². The van der Waals surface area contributed by atoms with Gasteiger partial charge in [-0.05, 0) is 26.0 Å². The number of carbonyl (C=O) groups excluding carboxylic acids is 1. The molecule has 0 spiro atoms. The lowest BCUT2D eigenvalue weighted by Gasteiger charge is -2.11. The standard InChI is InChI=1S/C9H12ClNO2/c1-6(10)9(12)11-7(2)8-4-3-5-13-8/h3-7H,1-2H3,(H,11,12). The van der Waals surface area contributed by atoms with Gasteiger partial charge in [0.2, 0.25) is 5.91 Å². The number of halogens is 1. The van der Waals surface area contributed by atoms with Crippen molar-refractivity contribution in [3.05, 3.63) is 24.2 Å². The first-order valence-corrected chi connectivity index (χ1v) is 4.52. The summed E-state index contributed by atoms with van der Waals surface area (Å²) in [5.41, 5.74) is 0. The number of hydrogen-bond acceptors (Lipinski definition) is 2. The zero-order valence-electron chi connectivity index (χ0n) is 7.58. The van der Waals surface area contributed by atoms with E-state index in [1.54, 1.807) is 19.3 Å². The van der Waals surface area contributed by atoms with Crippen molar-refractivity contribution in [2.24, 2.45) is 0 Å². The fourth-order valence-corrected chi connectivity index (χ4v) is 1.000. The number of rotatable bonds is 3. The van der Waals surface area contributed by atoms with Crippen molar-refractivity contribution >= 4 is 17.5 Å². The van der Waals surface area contributed by atoms with E-state index in [-0.39, 0.29) is 11.9 Å². The Morgan fingerprint density at radius 3 is 2.77 bits per heavy atom. The van der Waals surface area contributed by atoms with Gasteiger partial charge in [-0.15, -0.1) is 11.6 Å². The molecule has 2 unspecified atom stereocenters. The average Bonchev–Trinajstić information content (AvgIpc) is 2.55. The summed E-state index contributed by atoms with van der Waals surface area (Å²) in [5, 5.41) is 2.20. The summed E-state index contributed by atoms with van der Waals surface area (Å²) in [6.07, 6.45) is 1.57. The average molecular weight is 202 g/mol. The second kappa shape index (κ2) is 4.33. The van der Waals surface area contributed by atoms with Gasteiger partial charge in [-0.2, -0.15) is 0 Å². The van der Waals surface area contributed by atoms with Gasteiger partial charge >= 0.3 is 0 Å². The number of amides is 1. The maximum Gasteiger partial charge on any atom is 0.238 e. The second-order valence-electron chi connectivity index (χ2n) is 2.86. The summed E-state index contributed by atoms with van der Waals surface area (Å²) >= 11 is 5.59. The van der Waals surface area contributed by atoms with Crippen molar-refractivity contribution in [2.75, 3.05) is 0 Å². The van der Waals surface area contributed by atoms with Crippen LogP contribution in [0.15, 0.2) is 22.8 Å². The number of nitrogens with one attached hydrogen (secondary N) is 1. The van der Waals surface area contributed by atoms with Crippen LogP contribution in [-0.2, 0) is 4.79 Å². The molecular formula is C9H12ClNO2. The fraction of sp³-hybridized carbons (Fsp3) is 0.444. The lowest BCUT2D eigenvalue weighted by Crippen LogP contribution is -2.31. The van der Waals surface area contributed by atoms with Gasteiger partial charge in [-0.25, -0.2) is 0 Å². The first-order valence-electron chi connectivity index (χ1n) is 4.09. The highest BCUT2D eigenvalue weighted by Gasteiger charge is 2.14. The topological polar surface area (TPSA) is 42.2 Å². The highest BCUT2D eigenvalue weighted by atomic mass is 35.5. The van der Waals surface area contributed by atoms with Crippen molar-refractivity contribution < 1.29 is 9.21 Å². The molecule has 0 saturated carbocycles. The Labute approximate surface area is 82.1 Å². The van der Waals surface area contributed by atoms with Crippen LogP contribution < -0.4 is 5.32 Å². The van der Waals surface area contributed by atoms with Crippen LogP contribution in [0, 0.1) is 0 Å². The molecule has 0 aliphatic rings. The first kappa shape index (κ1) is 10.1. The van der Waals surface area contributed by atoms with Gasteiger partial charge in [0, 0.05) is 0 Å². The summed E-state index contributed by atoms with van der Waals surface area (Å²) < 4.78 is 5.12. The minimum atomic E-state index is -0.516. The molecule has 4 heteroatoms. The molecule has 0 saturated heterocycles. The Balaban J connectivity index is 2.51. The van der Waals surface area contributed by atoms with Gasteiger partial charge < -0.3 is 9.73 Å². The van der Waals surface area contributed by atoms with Crippen LogP contribution in [0.25, 0.3) is 0 Å². The smallest absolute Gasteiger partial charge is 0.238 e. The SMILES string of the molecule is CC(Cl)C(=O)NC(C)c1ccco1. The Kier molecular flexibility index (Phi) is 3.37. The van der Waals surface area contributed by atoms with E-state index < -0.39 is 5.38 Å². The molecule has 1 N–H and O–H groups in total. The first-order chi connectivity index (χ1) is 6.11. The predicted octanol–water partition coefficient (Wildman–Crippen LogP) is 2.08. The molecular weight excluding hydrogens is 190 g/mol. The van der Waals surface area contributed by atoms with Crippen LogP contribution in [0.1, 0.15) is 25.6 Å². The summed E-state index contributed by atoms with van der Waals surface area (Å²) in [4.78, 5) is 11.2. The largest absolute Gasteiger partial charge is 0.467 e. The highest BCUT2D eigenvalue weighted by Crippen LogP contribution is 2.12. The van der Waals surface area contributed by atoms with E-state index in [1.165, 1.54) is 0 Å². The third kappa shape index (κ3) is 2.77. The number of hydrogen-bond donors (Lipinski definition) is 1. The number of furan rings is 1. The highest BCUT2D eigenvalue weighted by molar-refractivity contribution is 6.30. The normalized spacial score (nSPS) is 15.0. The fourth-order valence-electron chi connectivity index (χ4n) is 0.937. The van der Waals surface area contributed by atoms with Crippen LogP contribution in [0.3, 0.4) is 0 Å². The van der Waals surface area contributed by atoms with Crippen LogP contribution in [0.5, 0.6) is 0 Å². The molecule has 13 heavy (non-hydrogen) atoms. The lowest BCUT2D eigenvalue weighted by atomic mass is 10.2. The molecule has 0 radical (unpaired) electrons. The predicted molar refractivity (Wildman–Crippen MR) is 50.6 cm³/mol. The van der Waals surface area contributed by atoms with E-state index in [2.05, 4.69) is 5.32 Å². The molecule has 0 fully saturated rings. The summed E-state index contributed by atoms with van der Waals surface area (Å²) in [6.45, 7) is 3.47. The third-order valence-electron chi connectivity index (χ3n) is 1.69. The molecule has 1 aromatic rings. The van der Waals surface area contributed by atoms with E-state index in [0.717, 1.165) is 5.76 Å². The van der Waals surface area contributed by atoms with Crippen molar-refractivity contribution in [3.8, 4) is 0 Å². The quantitative estimate of drug-likeness (QED) is 0.761. The van der Waals surface area contributed by atoms with Crippen molar-refractivity contribution in [1.29, 1.82) is 0 Å². The third-order valence-corrected chi connectivity index (χ3v) is 1.89. The Hall–Kier alpha value is -0.960. The second-order valence-corrected chi connectivity index (χ2v) is 3.52. The monoisotopic (exact) mass is 201 g/mol. The van der Waals surface area contributed by atoms with Gasteiger partial charge in [0.1, 0.15) is 11.1 Å². The molecule has 0 aliphatic carbocycles. The lowest BCUT2D eigenvalue weighted by molar-refractivity contribution is -0.121. The van der Waals surface area contributed by atoms with Crippen LogP contribution in [0.2, 0.25) is 0 Å². The minimum absolute atomic E-state index is 0.135. The number of carbonyl (C=O) groups is 1. The Morgan fingerprint density at radius 1 is 1.62 bits per heavy atom. The zero-order valence-corrected chi connectivity index (χ0v) is 8.34. The van der Waals surface area contributed by atoms with Crippen molar-refractivity contribution in [3.63, 3.8) is 0 Å². The number of alkyl halides is 1. The summed E-state index contributed by atoms with van der Waals surface area (Å²) in [7, 11) is 0. The van der Waals surface area contributed by atoms with Crippen LogP contribution >= 0.6 is 11.6 Å². The molecule has 1 rings (SSSR count). The van der Waals surface area contributed by atoms with Crippen LogP contribution in [0.4, 0.5) is 0 Å². The van der Waals surface area contributed by atoms with E-state index in [0.29, 0.717) is 0 Å². The van der Waals surface area contributed by atoms with Crippen molar-refractivity contribution in [2.45, 2.75) is 25.3 Å². The van der Waals surface area contributed by atoms with Gasteiger partial charge in [-0.1, -0.05) is 0 Å². The van der Waals surface area contributed by atoms with Gasteiger partial charge in [-0.3, -0.25) is 4.79 Å². The Bertz CT molecular complexity index is 269. The molecule has 1 heterocycles. The molecule has 2 atom stereocenters. The van der Waals surface area contributed by atoms with E-state index in [9.17, 15) is 4.79 Å². The maximum absolute atomic E-state index is 11.2. The molecule has 1 amide bonds. The van der Waals surface area contributed by atoms with Gasteiger partial charge in [0.25, 0.3) is 0 Å². The van der Waals surface area contributed by atoms with Gasteiger partial charge in [0.05, 0.1) is 12.3 Å². The minimum Gasteiger partial charge on any atom is -0.467 e. The van der Waals surface area contributed by atoms with E-state index >= 15 is 0 Å². The summed E-state index contributed by atoms with van der Waals surface area (Å²) in [6, 6.07) is 3.45. The van der Waals surface area contributed by atoms with Crippen molar-refractivity contribution in [1.82, 2.24) is 5.32 Å².